The van der Waals surface area contributed by atoms with Crippen LogP contribution in [0.4, 0.5) is 5.69 Å². The van der Waals surface area contributed by atoms with E-state index in [1.165, 1.54) is 5.56 Å². The predicted molar refractivity (Wildman–Crippen MR) is 108 cm³/mol. The van der Waals surface area contributed by atoms with E-state index in [1.54, 1.807) is 0 Å². The molecule has 0 bridgehead atoms. The Bertz CT molecular complexity index is 512. The zero-order chi connectivity index (χ0) is 16.9. The van der Waals surface area contributed by atoms with Crippen molar-refractivity contribution in [2.24, 2.45) is 11.1 Å². The van der Waals surface area contributed by atoms with Gasteiger partial charge in [0.1, 0.15) is 0 Å². The Hall–Kier alpha value is -0.850. The van der Waals surface area contributed by atoms with Gasteiger partial charge in [0.25, 0.3) is 0 Å². The summed E-state index contributed by atoms with van der Waals surface area (Å²) in [6.07, 6.45) is 1.01. The Morgan fingerprint density at radius 1 is 1.20 bits per heavy atom. The standard InChI is InChI=1S/C18H29N3O2.2ClH/c1-18(2,3)16(19)17(22)20-15-6-4-14(5-7-15)8-9-21-10-12-23-13-11-21;;/h4-7,16H,8-13,19H2,1-3H3,(H,20,22);2*1H/t16-;;/m1../s1. The van der Waals surface area contributed by atoms with Gasteiger partial charge in [0.2, 0.25) is 5.91 Å². The van der Waals surface area contributed by atoms with Crippen LogP contribution in [0.5, 0.6) is 0 Å². The van der Waals surface area contributed by atoms with Gasteiger partial charge in [0, 0.05) is 25.3 Å². The molecule has 1 aliphatic rings. The molecule has 144 valence electrons. The number of rotatable bonds is 5. The highest BCUT2D eigenvalue weighted by Gasteiger charge is 2.27. The van der Waals surface area contributed by atoms with E-state index in [1.807, 2.05) is 32.9 Å². The van der Waals surface area contributed by atoms with Crippen LogP contribution in [0, 0.1) is 5.41 Å². The minimum atomic E-state index is -0.525. The van der Waals surface area contributed by atoms with Crippen molar-refractivity contribution in [1.82, 2.24) is 4.90 Å². The Labute approximate surface area is 163 Å². The van der Waals surface area contributed by atoms with Crippen molar-refractivity contribution in [3.63, 3.8) is 0 Å². The molecule has 0 radical (unpaired) electrons. The molecule has 0 unspecified atom stereocenters. The van der Waals surface area contributed by atoms with Crippen LogP contribution in [0.15, 0.2) is 24.3 Å². The molecule has 0 spiro atoms. The molecule has 7 heteroatoms. The lowest BCUT2D eigenvalue weighted by Crippen LogP contribution is -2.45. The summed E-state index contributed by atoms with van der Waals surface area (Å²) in [5.41, 5.74) is 7.80. The second-order valence-corrected chi connectivity index (χ2v) is 7.23. The fourth-order valence-electron chi connectivity index (χ4n) is 2.48. The van der Waals surface area contributed by atoms with Crippen LogP contribution in [0.2, 0.25) is 0 Å². The molecule has 0 aliphatic carbocycles. The van der Waals surface area contributed by atoms with E-state index >= 15 is 0 Å². The normalized spacial score (nSPS) is 16.3. The van der Waals surface area contributed by atoms with Gasteiger partial charge in [-0.15, -0.1) is 24.8 Å². The van der Waals surface area contributed by atoms with E-state index in [4.69, 9.17) is 10.5 Å². The number of halogens is 2. The third kappa shape index (κ3) is 7.92. The topological polar surface area (TPSA) is 67.6 Å². The summed E-state index contributed by atoms with van der Waals surface area (Å²) < 4.78 is 5.36. The van der Waals surface area contributed by atoms with Crippen LogP contribution in [0.1, 0.15) is 26.3 Å². The van der Waals surface area contributed by atoms with Gasteiger partial charge in [0.15, 0.2) is 0 Å². The fourth-order valence-corrected chi connectivity index (χ4v) is 2.48. The molecule has 5 nitrogen and oxygen atoms in total. The average molecular weight is 392 g/mol. The molecule has 25 heavy (non-hydrogen) atoms. The molecular weight excluding hydrogens is 361 g/mol. The van der Waals surface area contributed by atoms with Gasteiger partial charge in [-0.05, 0) is 29.5 Å². The van der Waals surface area contributed by atoms with E-state index < -0.39 is 6.04 Å². The molecule has 1 heterocycles. The largest absolute Gasteiger partial charge is 0.379 e. The highest BCUT2D eigenvalue weighted by Crippen LogP contribution is 2.19. The molecule has 1 aliphatic heterocycles. The predicted octanol–water partition coefficient (Wildman–Crippen LogP) is 2.72. The van der Waals surface area contributed by atoms with Crippen LogP contribution in [0.25, 0.3) is 0 Å². The molecule has 2 rings (SSSR count). The molecule has 1 aromatic rings. The number of amides is 1. The SMILES string of the molecule is CC(C)(C)[C@H](N)C(=O)Nc1ccc(CCN2CCOCC2)cc1.Cl.Cl. The maximum absolute atomic E-state index is 12.1. The van der Waals surface area contributed by atoms with Gasteiger partial charge >= 0.3 is 0 Å². The Balaban J connectivity index is 0.00000288. The number of carbonyl (C=O) groups excluding carboxylic acids is 1. The van der Waals surface area contributed by atoms with Crippen molar-refractivity contribution in [3.05, 3.63) is 29.8 Å². The van der Waals surface area contributed by atoms with E-state index in [0.717, 1.165) is 45.0 Å². The first-order chi connectivity index (χ1) is 10.9. The molecule has 1 aromatic carbocycles. The summed E-state index contributed by atoms with van der Waals surface area (Å²) in [6.45, 7) is 10.6. The summed E-state index contributed by atoms with van der Waals surface area (Å²) >= 11 is 0. The Kier molecular flexibility index (Phi) is 10.6. The van der Waals surface area contributed by atoms with Crippen LogP contribution in [-0.4, -0.2) is 49.7 Å². The first-order valence-electron chi connectivity index (χ1n) is 8.32. The lowest BCUT2D eigenvalue weighted by atomic mass is 9.87. The summed E-state index contributed by atoms with van der Waals surface area (Å²) in [5, 5.41) is 2.89. The van der Waals surface area contributed by atoms with E-state index in [9.17, 15) is 4.79 Å². The van der Waals surface area contributed by atoms with Crippen LogP contribution in [-0.2, 0) is 16.0 Å². The summed E-state index contributed by atoms with van der Waals surface area (Å²) in [6, 6.07) is 7.50. The van der Waals surface area contributed by atoms with Gasteiger partial charge in [-0.25, -0.2) is 0 Å². The maximum atomic E-state index is 12.1. The number of benzene rings is 1. The molecule has 0 saturated carbocycles. The third-order valence-electron chi connectivity index (χ3n) is 4.26. The second kappa shape index (κ2) is 11.0. The zero-order valence-electron chi connectivity index (χ0n) is 15.3. The number of morpholine rings is 1. The number of ether oxygens (including phenoxy) is 1. The summed E-state index contributed by atoms with van der Waals surface area (Å²) in [4.78, 5) is 14.5. The number of nitrogens with zero attached hydrogens (tertiary/aromatic N) is 1. The van der Waals surface area contributed by atoms with Crippen molar-refractivity contribution in [1.29, 1.82) is 0 Å². The lowest BCUT2D eigenvalue weighted by molar-refractivity contribution is -0.119. The molecule has 1 atom stereocenters. The molecule has 1 saturated heterocycles. The highest BCUT2D eigenvalue weighted by atomic mass is 35.5. The number of anilines is 1. The van der Waals surface area contributed by atoms with Gasteiger partial charge < -0.3 is 15.8 Å². The zero-order valence-corrected chi connectivity index (χ0v) is 16.9. The number of hydrogen-bond acceptors (Lipinski definition) is 4. The maximum Gasteiger partial charge on any atom is 0.241 e. The summed E-state index contributed by atoms with van der Waals surface area (Å²) in [5.74, 6) is -0.140. The molecule has 0 aromatic heterocycles. The quantitative estimate of drug-likeness (QED) is 0.809. The van der Waals surface area contributed by atoms with Crippen molar-refractivity contribution < 1.29 is 9.53 Å². The number of nitrogens with one attached hydrogen (secondary N) is 1. The van der Waals surface area contributed by atoms with Gasteiger partial charge in [-0.1, -0.05) is 32.9 Å². The van der Waals surface area contributed by atoms with Crippen LogP contribution < -0.4 is 11.1 Å². The molecule has 3 N–H and O–H groups in total. The van der Waals surface area contributed by atoms with Gasteiger partial charge in [0.05, 0.1) is 19.3 Å². The summed E-state index contributed by atoms with van der Waals surface area (Å²) in [7, 11) is 0. The monoisotopic (exact) mass is 391 g/mol. The van der Waals surface area contributed by atoms with Gasteiger partial charge in [-0.3, -0.25) is 9.69 Å². The van der Waals surface area contributed by atoms with Crippen LogP contribution in [0.3, 0.4) is 0 Å². The first kappa shape index (κ1) is 24.1. The average Bonchev–Trinajstić information content (AvgIpc) is 2.53. The van der Waals surface area contributed by atoms with E-state index in [0.29, 0.717) is 0 Å². The minimum Gasteiger partial charge on any atom is -0.379 e. The lowest BCUT2D eigenvalue weighted by Gasteiger charge is -2.26. The van der Waals surface area contributed by atoms with Crippen molar-refractivity contribution in [2.75, 3.05) is 38.2 Å². The first-order valence-corrected chi connectivity index (χ1v) is 8.32. The van der Waals surface area contributed by atoms with Crippen LogP contribution >= 0.6 is 24.8 Å². The molecule has 1 amide bonds. The molecule has 1 fully saturated rings. The Morgan fingerprint density at radius 3 is 2.28 bits per heavy atom. The fraction of sp³-hybridized carbons (Fsp3) is 0.611. The Morgan fingerprint density at radius 2 is 1.76 bits per heavy atom. The van der Waals surface area contributed by atoms with Crippen molar-refractivity contribution >= 4 is 36.4 Å². The van der Waals surface area contributed by atoms with Crippen molar-refractivity contribution in [3.8, 4) is 0 Å². The second-order valence-electron chi connectivity index (χ2n) is 7.23. The third-order valence-corrected chi connectivity index (χ3v) is 4.26. The highest BCUT2D eigenvalue weighted by molar-refractivity contribution is 5.95. The van der Waals surface area contributed by atoms with E-state index in [2.05, 4.69) is 22.3 Å². The minimum absolute atomic E-state index is 0. The van der Waals surface area contributed by atoms with E-state index in [-0.39, 0.29) is 36.1 Å². The number of nitrogens with two attached hydrogens (primary N) is 1. The van der Waals surface area contributed by atoms with Gasteiger partial charge in [-0.2, -0.15) is 0 Å². The molecular formula is C18H31Cl2N3O2. The number of hydrogen-bond donors (Lipinski definition) is 2. The smallest absolute Gasteiger partial charge is 0.241 e. The van der Waals surface area contributed by atoms with Crippen molar-refractivity contribution in [2.45, 2.75) is 33.2 Å². The number of carbonyl (C=O) groups is 1.